The highest BCUT2D eigenvalue weighted by atomic mass is 127. The molecule has 0 atom stereocenters. The van der Waals surface area contributed by atoms with E-state index in [1.165, 1.54) is 9.99 Å². The van der Waals surface area contributed by atoms with Crippen molar-refractivity contribution in [1.29, 1.82) is 0 Å². The molecule has 17 heavy (non-hydrogen) atoms. The number of nitrogens with zero attached hydrogens (tertiary/aromatic N) is 1. The van der Waals surface area contributed by atoms with Crippen LogP contribution in [0.25, 0.3) is 6.08 Å². The fourth-order valence-electron chi connectivity index (χ4n) is 1.96. The van der Waals surface area contributed by atoms with Crippen LogP contribution < -0.4 is 0 Å². The van der Waals surface area contributed by atoms with E-state index in [-0.39, 0.29) is 5.91 Å². The lowest BCUT2D eigenvalue weighted by Gasteiger charge is -2.25. The van der Waals surface area contributed by atoms with Crippen molar-refractivity contribution in [3.63, 3.8) is 0 Å². The Hall–Kier alpha value is -0.840. The third kappa shape index (κ3) is 3.84. The van der Waals surface area contributed by atoms with Crippen LogP contribution in [-0.2, 0) is 4.79 Å². The predicted octanol–water partition coefficient (Wildman–Crippen LogP) is 3.32. The summed E-state index contributed by atoms with van der Waals surface area (Å²) in [6.45, 7) is 1.83. The number of piperidine rings is 1. The van der Waals surface area contributed by atoms with E-state index < -0.39 is 0 Å². The van der Waals surface area contributed by atoms with Gasteiger partial charge in [-0.2, -0.15) is 0 Å². The molecule has 3 heteroatoms. The van der Waals surface area contributed by atoms with E-state index in [0.29, 0.717) is 0 Å². The van der Waals surface area contributed by atoms with Gasteiger partial charge in [-0.05, 0) is 65.6 Å². The highest BCUT2D eigenvalue weighted by Crippen LogP contribution is 2.11. The van der Waals surface area contributed by atoms with E-state index in [4.69, 9.17) is 0 Å². The van der Waals surface area contributed by atoms with Crippen molar-refractivity contribution in [3.05, 3.63) is 39.5 Å². The van der Waals surface area contributed by atoms with Crippen molar-refractivity contribution in [2.45, 2.75) is 19.3 Å². The van der Waals surface area contributed by atoms with Gasteiger partial charge in [-0.1, -0.05) is 12.1 Å². The maximum absolute atomic E-state index is 11.9. The van der Waals surface area contributed by atoms with Crippen LogP contribution in [0, 0.1) is 3.57 Å². The third-order valence-corrected chi connectivity index (χ3v) is 3.68. The smallest absolute Gasteiger partial charge is 0.246 e. The van der Waals surface area contributed by atoms with Crippen LogP contribution in [0.4, 0.5) is 0 Å². The first kappa shape index (κ1) is 12.6. The first-order valence-electron chi connectivity index (χ1n) is 5.98. The number of likely N-dealkylation sites (tertiary alicyclic amines) is 1. The Kier molecular flexibility index (Phi) is 4.59. The lowest BCUT2D eigenvalue weighted by Crippen LogP contribution is -2.34. The number of carbonyl (C=O) groups excluding carboxylic acids is 1. The maximum Gasteiger partial charge on any atom is 0.246 e. The molecule has 1 fully saturated rings. The van der Waals surface area contributed by atoms with Crippen molar-refractivity contribution in [3.8, 4) is 0 Å². The van der Waals surface area contributed by atoms with Crippen LogP contribution in [0.5, 0.6) is 0 Å². The Morgan fingerprint density at radius 3 is 2.41 bits per heavy atom. The average Bonchev–Trinajstić information content (AvgIpc) is 2.39. The first-order valence-corrected chi connectivity index (χ1v) is 7.06. The second-order valence-corrected chi connectivity index (χ2v) is 5.52. The molecule has 0 radical (unpaired) electrons. The van der Waals surface area contributed by atoms with Gasteiger partial charge in [0, 0.05) is 22.7 Å². The first-order chi connectivity index (χ1) is 8.25. The molecule has 2 nitrogen and oxygen atoms in total. The number of carbonyl (C=O) groups is 1. The van der Waals surface area contributed by atoms with Crippen LogP contribution in [0.2, 0.25) is 0 Å². The minimum Gasteiger partial charge on any atom is -0.339 e. The van der Waals surface area contributed by atoms with Crippen molar-refractivity contribution < 1.29 is 4.79 Å². The largest absolute Gasteiger partial charge is 0.339 e. The fraction of sp³-hybridized carbons (Fsp3) is 0.357. The van der Waals surface area contributed by atoms with Gasteiger partial charge in [0.2, 0.25) is 5.91 Å². The van der Waals surface area contributed by atoms with E-state index >= 15 is 0 Å². The summed E-state index contributed by atoms with van der Waals surface area (Å²) in [4.78, 5) is 13.8. The normalized spacial score (nSPS) is 16.4. The summed E-state index contributed by atoms with van der Waals surface area (Å²) in [6.07, 6.45) is 7.12. The summed E-state index contributed by atoms with van der Waals surface area (Å²) in [5.74, 6) is 0.142. The molecule has 0 saturated carbocycles. The van der Waals surface area contributed by atoms with Gasteiger partial charge >= 0.3 is 0 Å². The minimum atomic E-state index is 0.142. The van der Waals surface area contributed by atoms with Gasteiger partial charge in [0.15, 0.2) is 0 Å². The number of amides is 1. The number of halogens is 1. The van der Waals surface area contributed by atoms with Crippen molar-refractivity contribution in [2.24, 2.45) is 0 Å². The standard InChI is InChI=1S/C14H16INO/c15-13-7-4-12(5-8-13)6-9-14(17)16-10-2-1-3-11-16/h4-9H,1-3,10-11H2. The van der Waals surface area contributed by atoms with Gasteiger partial charge in [0.05, 0.1) is 0 Å². The number of hydrogen-bond donors (Lipinski definition) is 0. The summed E-state index contributed by atoms with van der Waals surface area (Å²) in [5, 5.41) is 0. The van der Waals surface area contributed by atoms with E-state index in [2.05, 4.69) is 22.6 Å². The van der Waals surface area contributed by atoms with Crippen LogP contribution >= 0.6 is 22.6 Å². The molecule has 2 rings (SSSR count). The van der Waals surface area contributed by atoms with Gasteiger partial charge in [-0.25, -0.2) is 0 Å². The van der Waals surface area contributed by atoms with Gasteiger partial charge in [-0.3, -0.25) is 4.79 Å². The predicted molar refractivity (Wildman–Crippen MR) is 78.6 cm³/mol. The molecular formula is C14H16INO. The van der Waals surface area contributed by atoms with Crippen molar-refractivity contribution in [2.75, 3.05) is 13.1 Å². The Morgan fingerprint density at radius 1 is 1.12 bits per heavy atom. The summed E-state index contributed by atoms with van der Waals surface area (Å²) < 4.78 is 1.21. The van der Waals surface area contributed by atoms with Crippen molar-refractivity contribution >= 4 is 34.6 Å². The van der Waals surface area contributed by atoms with E-state index in [1.54, 1.807) is 6.08 Å². The molecular weight excluding hydrogens is 325 g/mol. The van der Waals surface area contributed by atoms with Crippen LogP contribution in [-0.4, -0.2) is 23.9 Å². The van der Waals surface area contributed by atoms with Crippen LogP contribution in [0.15, 0.2) is 30.3 Å². The molecule has 0 unspecified atom stereocenters. The molecule has 1 heterocycles. The van der Waals surface area contributed by atoms with E-state index in [9.17, 15) is 4.79 Å². The van der Waals surface area contributed by atoms with Crippen molar-refractivity contribution in [1.82, 2.24) is 4.90 Å². The average molecular weight is 341 g/mol. The maximum atomic E-state index is 11.9. The molecule has 0 aromatic heterocycles. The van der Waals surface area contributed by atoms with Gasteiger partial charge in [0.25, 0.3) is 0 Å². The quantitative estimate of drug-likeness (QED) is 0.597. The fourth-order valence-corrected chi connectivity index (χ4v) is 2.32. The number of benzene rings is 1. The second-order valence-electron chi connectivity index (χ2n) is 4.27. The molecule has 1 saturated heterocycles. The van der Waals surface area contributed by atoms with Gasteiger partial charge in [0.1, 0.15) is 0 Å². The summed E-state index contributed by atoms with van der Waals surface area (Å²) in [5.41, 5.74) is 1.08. The minimum absolute atomic E-state index is 0.142. The molecule has 0 spiro atoms. The molecule has 1 aliphatic rings. The van der Waals surface area contributed by atoms with Crippen LogP contribution in [0.1, 0.15) is 24.8 Å². The molecule has 1 aromatic carbocycles. The van der Waals surface area contributed by atoms with Gasteiger partial charge in [-0.15, -0.1) is 0 Å². The highest BCUT2D eigenvalue weighted by Gasteiger charge is 2.13. The SMILES string of the molecule is O=C(C=Cc1ccc(I)cc1)N1CCCCC1. The molecule has 1 aliphatic heterocycles. The summed E-state index contributed by atoms with van der Waals surface area (Å²) >= 11 is 2.27. The summed E-state index contributed by atoms with van der Waals surface area (Å²) in [6, 6.07) is 8.15. The Balaban J connectivity index is 1.95. The van der Waals surface area contributed by atoms with Gasteiger partial charge < -0.3 is 4.90 Å². The molecule has 0 aliphatic carbocycles. The number of rotatable bonds is 2. The monoisotopic (exact) mass is 341 g/mol. The molecule has 0 N–H and O–H groups in total. The van der Waals surface area contributed by atoms with E-state index in [0.717, 1.165) is 31.5 Å². The third-order valence-electron chi connectivity index (χ3n) is 2.96. The molecule has 1 amide bonds. The Bertz CT molecular complexity index is 405. The second kappa shape index (κ2) is 6.19. The van der Waals surface area contributed by atoms with E-state index in [1.807, 2.05) is 35.2 Å². The van der Waals surface area contributed by atoms with Crippen LogP contribution in [0.3, 0.4) is 0 Å². The Labute approximate surface area is 116 Å². The summed E-state index contributed by atoms with van der Waals surface area (Å²) in [7, 11) is 0. The molecule has 1 aromatic rings. The zero-order chi connectivity index (χ0) is 12.1. The lowest BCUT2D eigenvalue weighted by atomic mass is 10.1. The Morgan fingerprint density at radius 2 is 1.76 bits per heavy atom. The zero-order valence-electron chi connectivity index (χ0n) is 9.73. The topological polar surface area (TPSA) is 20.3 Å². The highest BCUT2D eigenvalue weighted by molar-refractivity contribution is 14.1. The zero-order valence-corrected chi connectivity index (χ0v) is 11.9. The molecule has 90 valence electrons. The lowest BCUT2D eigenvalue weighted by molar-refractivity contribution is -0.126. The number of hydrogen-bond acceptors (Lipinski definition) is 1. The molecule has 0 bridgehead atoms.